The number of esters is 1. The van der Waals surface area contributed by atoms with Gasteiger partial charge in [-0.2, -0.15) is 0 Å². The van der Waals surface area contributed by atoms with Crippen molar-refractivity contribution in [1.29, 1.82) is 0 Å². The van der Waals surface area contributed by atoms with E-state index in [0.717, 1.165) is 93.9 Å². The van der Waals surface area contributed by atoms with Gasteiger partial charge in [0.1, 0.15) is 34.0 Å². The lowest BCUT2D eigenvalue weighted by molar-refractivity contribution is -0.345. The molecule has 122 heavy (non-hydrogen) atoms. The van der Waals surface area contributed by atoms with Crippen molar-refractivity contribution in [1.82, 2.24) is 19.9 Å². The van der Waals surface area contributed by atoms with Crippen LogP contribution in [0.2, 0.25) is 0 Å². The van der Waals surface area contributed by atoms with E-state index in [2.05, 4.69) is 128 Å². The SMILES string of the molecule is CC(=O)c1ccc(NC(=O)c2cc3nc4ccc(N5CCC(C(C)=O)CC5)cc4oc-3cc2=O)cc1.CCCCCC1CCC(c2cnc(-c3ccc(OC(=O)c4ccc(NC(=O)c5cc6nc7cc8c(cc7oc-6cc5=O)N(CC(CC)CCCC)CCC8)cc4)cc3)nc2)CC1.Cc1ccc(-c2ccc(C3CCC(OC(F)(F)F)CC3)cc2)cc1. The third kappa shape index (κ3) is 22.0. The Kier molecular flexibility index (Phi) is 28.1. The molecule has 4 aliphatic carbocycles. The molecule has 4 aliphatic heterocycles. The van der Waals surface area contributed by atoms with Crippen molar-refractivity contribution in [3.63, 3.8) is 0 Å². The van der Waals surface area contributed by atoms with Gasteiger partial charge < -0.3 is 34.0 Å². The Morgan fingerprint density at radius 2 is 1.12 bits per heavy atom. The van der Waals surface area contributed by atoms with Crippen LogP contribution in [-0.2, 0) is 16.0 Å². The number of fused-ring (bicyclic) bond motifs is 5. The first kappa shape index (κ1) is 86.3. The summed E-state index contributed by atoms with van der Waals surface area (Å²) in [4.78, 5) is 112. The molecule has 22 heteroatoms. The van der Waals surface area contributed by atoms with Gasteiger partial charge in [0.2, 0.25) is 0 Å². The molecule has 632 valence electrons. The molecule has 0 radical (unpaired) electrons. The van der Waals surface area contributed by atoms with Gasteiger partial charge in [-0.3, -0.25) is 33.5 Å². The molecular weight excluding hydrogens is 1550 g/mol. The molecule has 2 amide bonds. The first-order chi connectivity index (χ1) is 59.0. The second-order valence-electron chi connectivity index (χ2n) is 33.1. The summed E-state index contributed by atoms with van der Waals surface area (Å²) in [6.45, 7) is 15.6. The number of nitrogens with one attached hydrogen (secondary N) is 2. The van der Waals surface area contributed by atoms with Crippen molar-refractivity contribution in [3.8, 4) is 51.2 Å². The highest BCUT2D eigenvalue weighted by atomic mass is 19.4. The molecule has 5 heterocycles. The van der Waals surface area contributed by atoms with E-state index in [-0.39, 0.29) is 28.6 Å². The maximum absolute atomic E-state index is 13.4. The summed E-state index contributed by atoms with van der Waals surface area (Å²) >= 11 is 0. The van der Waals surface area contributed by atoms with E-state index < -0.39 is 41.1 Å². The Bertz CT molecular complexity index is 5700. The Morgan fingerprint density at radius 1 is 0.566 bits per heavy atom. The molecule has 19 nitrogen and oxygen atoms in total. The van der Waals surface area contributed by atoms with Gasteiger partial charge in [-0.05, 0) is 259 Å². The van der Waals surface area contributed by atoms with Gasteiger partial charge >= 0.3 is 12.3 Å². The molecule has 2 N–H and O–H groups in total. The second kappa shape index (κ2) is 39.7. The van der Waals surface area contributed by atoms with Gasteiger partial charge in [0.25, 0.3) is 11.8 Å². The highest BCUT2D eigenvalue weighted by Gasteiger charge is 2.36. The first-order valence-corrected chi connectivity index (χ1v) is 43.2. The molecule has 1 unspecified atom stereocenters. The minimum Gasteiger partial charge on any atom is -0.453 e. The zero-order valence-electron chi connectivity index (χ0n) is 70.1. The molecule has 1 aromatic heterocycles. The molecule has 0 spiro atoms. The number of piperidine rings is 1. The summed E-state index contributed by atoms with van der Waals surface area (Å²) < 4.78 is 58.9. The summed E-state index contributed by atoms with van der Waals surface area (Å²) in [7, 11) is 0. The van der Waals surface area contributed by atoms with Crippen LogP contribution < -0.4 is 36.0 Å². The normalized spacial score (nSPS) is 17.0. The summed E-state index contributed by atoms with van der Waals surface area (Å²) in [6, 6.07) is 52.1. The number of rotatable bonds is 24. The molecule has 8 aromatic rings. The van der Waals surface area contributed by atoms with Gasteiger partial charge in [0.05, 0.1) is 22.8 Å². The number of halogens is 3. The van der Waals surface area contributed by atoms with Crippen molar-refractivity contribution in [2.75, 3.05) is 46.6 Å². The number of ketones is 2. The minimum absolute atomic E-state index is 0.0508. The van der Waals surface area contributed by atoms with E-state index >= 15 is 0 Å². The largest absolute Gasteiger partial charge is 0.522 e. The molecule has 1 atom stereocenters. The number of anilines is 4. The van der Waals surface area contributed by atoms with E-state index in [1.54, 1.807) is 67.6 Å². The Morgan fingerprint density at radius 3 is 1.70 bits per heavy atom. The smallest absolute Gasteiger partial charge is 0.453 e. The van der Waals surface area contributed by atoms with Crippen molar-refractivity contribution >= 4 is 74.3 Å². The van der Waals surface area contributed by atoms with Crippen LogP contribution in [0, 0.1) is 24.7 Å². The van der Waals surface area contributed by atoms with Crippen LogP contribution in [0.5, 0.6) is 5.75 Å². The third-order valence-corrected chi connectivity index (χ3v) is 24.5. The molecule has 16 rings (SSSR count). The summed E-state index contributed by atoms with van der Waals surface area (Å²) in [6.07, 6.45) is 20.0. The Labute approximate surface area is 709 Å². The number of hydrogen-bond donors (Lipinski definition) is 2. The number of hydrogen-bond acceptors (Lipinski definition) is 17. The van der Waals surface area contributed by atoms with E-state index in [1.165, 1.54) is 135 Å². The van der Waals surface area contributed by atoms with Gasteiger partial charge in [-0.15, -0.1) is 13.2 Å². The zero-order valence-corrected chi connectivity index (χ0v) is 70.1. The lowest BCUT2D eigenvalue weighted by Crippen LogP contribution is -2.35. The number of carbonyl (C=O) groups excluding carboxylic acids is 5. The lowest BCUT2D eigenvalue weighted by atomic mass is 9.77. The van der Waals surface area contributed by atoms with Crippen LogP contribution in [0.15, 0.2) is 207 Å². The number of amides is 2. The van der Waals surface area contributed by atoms with Crippen LogP contribution in [0.25, 0.3) is 67.6 Å². The molecule has 7 aromatic carbocycles. The standard InChI is InChI=1S/C52H59N5O5.C28H25N3O5.C20H21F3O/c1-4-7-9-12-35-14-16-36(17-15-35)40-31-53-50(54-32-40)37-20-24-42(25-21-37)61-52(60)38-18-22-41(23-19-38)55-51(59)43-28-45-49(30-47(43)58)62-48-29-46-39(27-44(48)56-45)13-10-26-57(46)33-34(6-3)11-8-5-2;1-16(32)18-3-5-20(6-4-18)29-28(35)22-14-24-27(15-25(22)34)36-26-13-21(7-8-23(26)30-24)31-11-9-19(10-12-31)17(2)33;1-14-2-4-15(5-3-14)16-6-8-17(9-7-16)18-10-12-19(13-11-18)24-20(21,22)23/h18-25,27-32,34-36H,4-17,26,33H2,1-3H3,(H,55,59);3-8,13-15,19H,9-12H2,1-2H3,(H,29,35);2-9,18-19H,10-13H2,1H3. The highest BCUT2D eigenvalue weighted by Crippen LogP contribution is 2.41. The maximum Gasteiger partial charge on any atom is 0.522 e. The predicted molar refractivity (Wildman–Crippen MR) is 472 cm³/mol. The molecular formula is C100H105F3N8O11. The van der Waals surface area contributed by atoms with E-state index in [4.69, 9.17) is 18.6 Å². The first-order valence-electron chi connectivity index (χ1n) is 43.2. The number of Topliss-reactive ketones (excluding diaryl/α,β-unsaturated/α-hetero) is 2. The minimum atomic E-state index is -4.52. The fourth-order valence-corrected chi connectivity index (χ4v) is 17.2. The van der Waals surface area contributed by atoms with E-state index in [1.807, 2.05) is 42.7 Å². The molecule has 0 bridgehead atoms. The van der Waals surface area contributed by atoms with Crippen LogP contribution in [-0.4, -0.2) is 87.9 Å². The van der Waals surface area contributed by atoms with E-state index in [0.29, 0.717) is 110 Å². The van der Waals surface area contributed by atoms with Crippen LogP contribution in [0.3, 0.4) is 0 Å². The second-order valence-corrected chi connectivity index (χ2v) is 33.1. The topological polar surface area (TPSA) is 246 Å². The number of benzene rings is 9. The number of alkyl halides is 3. The molecule has 3 fully saturated rings. The maximum atomic E-state index is 13.4. The van der Waals surface area contributed by atoms with Gasteiger partial charge in [-0.25, -0.2) is 24.7 Å². The molecule has 8 aliphatic rings. The number of carbonyl (C=O) groups is 5. The summed E-state index contributed by atoms with van der Waals surface area (Å²) in [5.41, 5.74) is 14.2. The predicted octanol–water partition coefficient (Wildman–Crippen LogP) is 22.8. The quantitative estimate of drug-likeness (QED) is 0.0188. The molecule has 2 saturated carbocycles. The lowest BCUT2D eigenvalue weighted by Gasteiger charge is -2.34. The van der Waals surface area contributed by atoms with Crippen LogP contribution in [0.1, 0.15) is 232 Å². The van der Waals surface area contributed by atoms with E-state index in [9.17, 15) is 46.7 Å². The molecule has 1 saturated heterocycles. The number of aromatic nitrogens is 4. The number of ether oxygens (including phenoxy) is 2. The summed E-state index contributed by atoms with van der Waals surface area (Å²) in [5, 5.41) is 5.47. The third-order valence-electron chi connectivity index (χ3n) is 24.5. The van der Waals surface area contributed by atoms with Crippen molar-refractivity contribution in [2.45, 2.75) is 194 Å². The van der Waals surface area contributed by atoms with Gasteiger partial charge in [0, 0.05) is 103 Å². The van der Waals surface area contributed by atoms with Crippen molar-refractivity contribution in [3.05, 3.63) is 253 Å². The Balaban J connectivity index is 0.000000169. The van der Waals surface area contributed by atoms with Crippen LogP contribution >= 0.6 is 0 Å². The highest BCUT2D eigenvalue weighted by molar-refractivity contribution is 6.06. The summed E-state index contributed by atoms with van der Waals surface area (Å²) in [5.74, 6) is 2.61. The average molecular weight is 1650 g/mol. The number of aryl methyl sites for hydroxylation is 2. The Hall–Kier alpha value is -12.0. The fraction of sp³-hybridized carbons (Fsp3) is 0.370. The zero-order chi connectivity index (χ0) is 85.6. The fourth-order valence-electron chi connectivity index (χ4n) is 17.2. The monoisotopic (exact) mass is 1650 g/mol. The van der Waals surface area contributed by atoms with Crippen molar-refractivity contribution in [2.24, 2.45) is 17.8 Å². The van der Waals surface area contributed by atoms with Gasteiger partial charge in [0.15, 0.2) is 45.2 Å². The van der Waals surface area contributed by atoms with Crippen molar-refractivity contribution < 1.29 is 55.5 Å². The van der Waals surface area contributed by atoms with Gasteiger partial charge in [-0.1, -0.05) is 120 Å². The number of unbranched alkanes of at least 4 members (excludes halogenated alkanes) is 3. The average Bonchev–Trinajstić information content (AvgIpc) is 0.760. The number of nitrogens with zero attached hydrogens (tertiary/aromatic N) is 6. The van der Waals surface area contributed by atoms with Crippen LogP contribution in [0.4, 0.5) is 35.9 Å².